The molecule has 1 saturated carbocycles. The normalized spacial score (nSPS) is 15.0. The lowest BCUT2D eigenvalue weighted by molar-refractivity contribution is 0.0700. The highest BCUT2D eigenvalue weighted by Crippen LogP contribution is 2.27. The van der Waals surface area contributed by atoms with E-state index in [1.807, 2.05) is 11.8 Å². The summed E-state index contributed by atoms with van der Waals surface area (Å²) in [5.41, 5.74) is 3.68. The molecule has 1 heterocycles. The van der Waals surface area contributed by atoms with Crippen LogP contribution in [-0.4, -0.2) is 28.9 Å². The second-order valence-corrected chi connectivity index (χ2v) is 4.72. The van der Waals surface area contributed by atoms with Crippen LogP contribution in [0.2, 0.25) is 0 Å². The van der Waals surface area contributed by atoms with Crippen LogP contribution in [0.4, 0.5) is 5.69 Å². The second kappa shape index (κ2) is 5.82. The van der Waals surface area contributed by atoms with Gasteiger partial charge in [-0.3, -0.25) is 10.6 Å². The van der Waals surface area contributed by atoms with Gasteiger partial charge in [0.15, 0.2) is 0 Å². The van der Waals surface area contributed by atoms with Crippen molar-refractivity contribution in [2.45, 2.75) is 26.2 Å². The molecule has 1 aromatic rings. The van der Waals surface area contributed by atoms with Crippen molar-refractivity contribution in [2.75, 3.05) is 18.5 Å². The Labute approximate surface area is 107 Å². The fourth-order valence-corrected chi connectivity index (χ4v) is 2.11. The monoisotopic (exact) mass is 248 g/mol. The van der Waals surface area contributed by atoms with Crippen LogP contribution in [0.15, 0.2) is 18.3 Å². The zero-order valence-corrected chi connectivity index (χ0v) is 10.7. The molecule has 5 heteroatoms. The zero-order chi connectivity index (χ0) is 13.0. The summed E-state index contributed by atoms with van der Waals surface area (Å²) in [5, 5.41) is 0. The van der Waals surface area contributed by atoms with Crippen LogP contribution in [0.25, 0.3) is 0 Å². The first-order valence-electron chi connectivity index (χ1n) is 6.46. The summed E-state index contributed by atoms with van der Waals surface area (Å²) in [6, 6.07) is 3.47. The van der Waals surface area contributed by atoms with Gasteiger partial charge in [-0.25, -0.2) is 4.98 Å². The Morgan fingerprint density at radius 2 is 2.33 bits per heavy atom. The molecule has 1 aliphatic rings. The molecule has 2 rings (SSSR count). The van der Waals surface area contributed by atoms with E-state index in [4.69, 9.17) is 5.84 Å². The molecule has 1 fully saturated rings. The number of nitrogens with zero attached hydrogens (tertiary/aromatic N) is 2. The summed E-state index contributed by atoms with van der Waals surface area (Å²) in [6.07, 6.45) is 5.36. The molecule has 0 radical (unpaired) electrons. The molecule has 5 nitrogen and oxygen atoms in total. The topological polar surface area (TPSA) is 71.2 Å². The number of aromatic nitrogens is 1. The molecule has 0 spiro atoms. The number of hydrazine groups is 1. The van der Waals surface area contributed by atoms with Crippen LogP contribution < -0.4 is 11.3 Å². The smallest absolute Gasteiger partial charge is 0.272 e. The van der Waals surface area contributed by atoms with Crippen molar-refractivity contribution < 1.29 is 4.79 Å². The molecule has 0 aromatic carbocycles. The van der Waals surface area contributed by atoms with Gasteiger partial charge in [0.1, 0.15) is 5.69 Å². The van der Waals surface area contributed by atoms with Crippen LogP contribution in [0.3, 0.4) is 0 Å². The molecule has 1 aromatic heterocycles. The molecule has 0 bridgehead atoms. The predicted octanol–water partition coefficient (Wildman–Crippen LogP) is 1.63. The van der Waals surface area contributed by atoms with Gasteiger partial charge in [-0.1, -0.05) is 6.42 Å². The van der Waals surface area contributed by atoms with Crippen LogP contribution in [0.5, 0.6) is 0 Å². The molecule has 98 valence electrons. The highest BCUT2D eigenvalue weighted by atomic mass is 16.2. The molecule has 3 N–H and O–H groups in total. The lowest BCUT2D eigenvalue weighted by Gasteiger charge is -2.31. The maximum Gasteiger partial charge on any atom is 0.272 e. The molecule has 0 saturated heterocycles. The summed E-state index contributed by atoms with van der Waals surface area (Å²) in [5.74, 6) is 5.96. The summed E-state index contributed by atoms with van der Waals surface area (Å²) in [7, 11) is 0. The van der Waals surface area contributed by atoms with Gasteiger partial charge in [-0.2, -0.15) is 0 Å². The SMILES string of the molecule is CCN(CC1CCC1)C(=O)c1ccc(NN)cn1. The van der Waals surface area contributed by atoms with E-state index in [1.165, 1.54) is 19.3 Å². The molecule has 18 heavy (non-hydrogen) atoms. The van der Waals surface area contributed by atoms with E-state index in [9.17, 15) is 4.79 Å². The first-order valence-corrected chi connectivity index (χ1v) is 6.46. The molecule has 1 aliphatic carbocycles. The third kappa shape index (κ3) is 2.79. The fraction of sp³-hybridized carbons (Fsp3) is 0.538. The van der Waals surface area contributed by atoms with E-state index >= 15 is 0 Å². The van der Waals surface area contributed by atoms with E-state index in [0.717, 1.165) is 13.1 Å². The standard InChI is InChI=1S/C13H20N4O/c1-2-17(9-10-4-3-5-10)13(18)12-7-6-11(16-14)8-15-12/h6-8,10,16H,2-5,9,14H2,1H3. The van der Waals surface area contributed by atoms with E-state index in [1.54, 1.807) is 18.3 Å². The maximum atomic E-state index is 12.3. The minimum Gasteiger partial charge on any atom is -0.337 e. The summed E-state index contributed by atoms with van der Waals surface area (Å²) in [6.45, 7) is 3.59. The number of nitrogens with two attached hydrogens (primary N) is 1. The van der Waals surface area contributed by atoms with E-state index in [2.05, 4.69) is 10.4 Å². The van der Waals surface area contributed by atoms with Crippen molar-refractivity contribution >= 4 is 11.6 Å². The van der Waals surface area contributed by atoms with Gasteiger partial charge in [0, 0.05) is 13.1 Å². The van der Waals surface area contributed by atoms with Gasteiger partial charge in [0.2, 0.25) is 0 Å². The largest absolute Gasteiger partial charge is 0.337 e. The maximum absolute atomic E-state index is 12.3. The minimum atomic E-state index is 0.00738. The summed E-state index contributed by atoms with van der Waals surface area (Å²) >= 11 is 0. The van der Waals surface area contributed by atoms with Crippen LogP contribution in [-0.2, 0) is 0 Å². The molecule has 0 atom stereocenters. The van der Waals surface area contributed by atoms with Crippen molar-refractivity contribution in [1.29, 1.82) is 0 Å². The number of amides is 1. The third-order valence-corrected chi connectivity index (χ3v) is 3.52. The number of carbonyl (C=O) groups excluding carboxylic acids is 1. The molecular formula is C13H20N4O. The van der Waals surface area contributed by atoms with Crippen molar-refractivity contribution in [3.8, 4) is 0 Å². The van der Waals surface area contributed by atoms with Gasteiger partial charge < -0.3 is 10.3 Å². The van der Waals surface area contributed by atoms with E-state index in [-0.39, 0.29) is 5.91 Å². The minimum absolute atomic E-state index is 0.00738. The Morgan fingerprint density at radius 1 is 1.56 bits per heavy atom. The first-order chi connectivity index (χ1) is 8.74. The molecule has 0 aliphatic heterocycles. The summed E-state index contributed by atoms with van der Waals surface area (Å²) < 4.78 is 0. The predicted molar refractivity (Wildman–Crippen MR) is 71.0 cm³/mol. The lowest BCUT2D eigenvalue weighted by Crippen LogP contribution is -2.37. The van der Waals surface area contributed by atoms with E-state index < -0.39 is 0 Å². The van der Waals surface area contributed by atoms with Gasteiger partial charge >= 0.3 is 0 Å². The van der Waals surface area contributed by atoms with Gasteiger partial charge in [-0.05, 0) is 37.8 Å². The number of carbonyl (C=O) groups is 1. The van der Waals surface area contributed by atoms with Gasteiger partial charge in [0.05, 0.1) is 11.9 Å². The number of nitrogens with one attached hydrogen (secondary N) is 1. The van der Waals surface area contributed by atoms with Crippen LogP contribution in [0, 0.1) is 5.92 Å². The number of hydrogen-bond acceptors (Lipinski definition) is 4. The van der Waals surface area contributed by atoms with Crippen molar-refractivity contribution in [1.82, 2.24) is 9.88 Å². The van der Waals surface area contributed by atoms with Gasteiger partial charge in [0.25, 0.3) is 5.91 Å². The number of hydrogen-bond donors (Lipinski definition) is 2. The quantitative estimate of drug-likeness (QED) is 0.613. The first kappa shape index (κ1) is 12.8. The Hall–Kier alpha value is -1.62. The Balaban J connectivity index is 2.02. The number of anilines is 1. The van der Waals surface area contributed by atoms with Crippen LogP contribution >= 0.6 is 0 Å². The molecular weight excluding hydrogens is 228 g/mol. The van der Waals surface area contributed by atoms with Crippen molar-refractivity contribution in [2.24, 2.45) is 11.8 Å². The third-order valence-electron chi connectivity index (χ3n) is 3.52. The highest BCUT2D eigenvalue weighted by Gasteiger charge is 2.23. The number of rotatable bonds is 5. The van der Waals surface area contributed by atoms with E-state index in [0.29, 0.717) is 17.3 Å². The number of pyridine rings is 1. The Bertz CT molecular complexity index is 400. The fourth-order valence-electron chi connectivity index (χ4n) is 2.11. The zero-order valence-electron chi connectivity index (χ0n) is 10.7. The molecule has 0 unspecified atom stereocenters. The number of nitrogen functional groups attached to an aromatic ring is 1. The Kier molecular flexibility index (Phi) is 4.15. The molecule has 1 amide bonds. The van der Waals surface area contributed by atoms with Crippen LogP contribution in [0.1, 0.15) is 36.7 Å². The highest BCUT2D eigenvalue weighted by molar-refractivity contribution is 5.92. The van der Waals surface area contributed by atoms with Crippen molar-refractivity contribution in [3.63, 3.8) is 0 Å². The lowest BCUT2D eigenvalue weighted by atomic mass is 9.85. The average molecular weight is 248 g/mol. The van der Waals surface area contributed by atoms with Gasteiger partial charge in [-0.15, -0.1) is 0 Å². The second-order valence-electron chi connectivity index (χ2n) is 4.72. The average Bonchev–Trinajstić information content (AvgIpc) is 2.37. The summed E-state index contributed by atoms with van der Waals surface area (Å²) in [4.78, 5) is 18.3. The van der Waals surface area contributed by atoms with Crippen molar-refractivity contribution in [3.05, 3.63) is 24.0 Å². The Morgan fingerprint density at radius 3 is 2.78 bits per heavy atom.